The van der Waals surface area contributed by atoms with Crippen molar-refractivity contribution in [3.8, 4) is 11.3 Å². The largest absolute Gasteiger partial charge is 0.398 e. The van der Waals surface area contributed by atoms with Crippen LogP contribution >= 0.6 is 0 Å². The second-order valence-electron chi connectivity index (χ2n) is 3.49. The van der Waals surface area contributed by atoms with Crippen LogP contribution in [-0.2, 0) is 0 Å². The van der Waals surface area contributed by atoms with E-state index in [9.17, 15) is 0 Å². The normalized spacial score (nSPS) is 10.4. The van der Waals surface area contributed by atoms with Crippen LogP contribution in [0.1, 0.15) is 11.1 Å². The van der Waals surface area contributed by atoms with E-state index in [1.165, 1.54) is 0 Å². The molecule has 1 aromatic heterocycles. The summed E-state index contributed by atoms with van der Waals surface area (Å²) in [5.74, 6) is 0. The van der Waals surface area contributed by atoms with Crippen molar-refractivity contribution in [1.82, 2.24) is 9.97 Å². The molecule has 0 spiro atoms. The number of nitrogens with zero attached hydrogens (tertiary/aromatic N) is 1. The van der Waals surface area contributed by atoms with E-state index in [0.717, 1.165) is 28.1 Å². The maximum atomic E-state index is 5.89. The first-order chi connectivity index (χ1) is 6.68. The molecule has 14 heavy (non-hydrogen) atoms. The summed E-state index contributed by atoms with van der Waals surface area (Å²) < 4.78 is 0. The van der Waals surface area contributed by atoms with Crippen molar-refractivity contribution in [2.45, 2.75) is 13.8 Å². The molecular formula is C11H13N3. The van der Waals surface area contributed by atoms with Crippen molar-refractivity contribution in [3.63, 3.8) is 0 Å². The number of aromatic nitrogens is 2. The molecule has 3 heteroatoms. The van der Waals surface area contributed by atoms with E-state index in [-0.39, 0.29) is 0 Å². The lowest BCUT2D eigenvalue weighted by Crippen LogP contribution is -1.94. The van der Waals surface area contributed by atoms with Crippen molar-refractivity contribution in [1.29, 1.82) is 0 Å². The van der Waals surface area contributed by atoms with Crippen LogP contribution in [0.5, 0.6) is 0 Å². The highest BCUT2D eigenvalue weighted by atomic mass is 14.9. The van der Waals surface area contributed by atoms with Crippen LogP contribution in [0, 0.1) is 13.8 Å². The van der Waals surface area contributed by atoms with E-state index in [4.69, 9.17) is 5.73 Å². The molecule has 1 heterocycles. The minimum atomic E-state index is 0.828. The number of nitrogens with two attached hydrogens (primary N) is 1. The molecule has 0 fully saturated rings. The second-order valence-corrected chi connectivity index (χ2v) is 3.49. The number of hydrogen-bond donors (Lipinski definition) is 2. The fourth-order valence-corrected chi connectivity index (χ4v) is 1.57. The van der Waals surface area contributed by atoms with E-state index in [2.05, 4.69) is 16.0 Å². The molecule has 0 aliphatic rings. The molecule has 0 amide bonds. The highest BCUT2D eigenvalue weighted by molar-refractivity contribution is 5.70. The second kappa shape index (κ2) is 3.18. The summed E-state index contributed by atoms with van der Waals surface area (Å²) in [6.45, 7) is 4.06. The summed E-state index contributed by atoms with van der Waals surface area (Å²) in [6, 6.07) is 4.09. The molecule has 72 valence electrons. The highest BCUT2D eigenvalue weighted by Gasteiger charge is 2.06. The standard InChI is InChI=1S/C11H13N3/c1-7-3-9(8(2)10(12)4-7)11-5-13-6-14-11/h3-6H,12H2,1-2H3,(H,13,14). The van der Waals surface area contributed by atoms with Crippen LogP contribution in [-0.4, -0.2) is 9.97 Å². The molecule has 0 atom stereocenters. The van der Waals surface area contributed by atoms with E-state index in [0.29, 0.717) is 0 Å². The zero-order valence-corrected chi connectivity index (χ0v) is 8.33. The lowest BCUT2D eigenvalue weighted by Gasteiger charge is -2.08. The van der Waals surface area contributed by atoms with Crippen LogP contribution in [0.2, 0.25) is 0 Å². The average Bonchev–Trinajstić information content (AvgIpc) is 2.63. The molecule has 1 aromatic carbocycles. The summed E-state index contributed by atoms with van der Waals surface area (Å²) in [7, 11) is 0. The smallest absolute Gasteiger partial charge is 0.0924 e. The van der Waals surface area contributed by atoms with Gasteiger partial charge in [0.15, 0.2) is 0 Å². The van der Waals surface area contributed by atoms with Gasteiger partial charge in [-0.15, -0.1) is 0 Å². The Morgan fingerprint density at radius 1 is 1.29 bits per heavy atom. The summed E-state index contributed by atoms with van der Waals surface area (Å²) >= 11 is 0. The van der Waals surface area contributed by atoms with Gasteiger partial charge >= 0.3 is 0 Å². The molecule has 0 aliphatic carbocycles. The maximum absolute atomic E-state index is 5.89. The summed E-state index contributed by atoms with van der Waals surface area (Å²) in [6.07, 6.45) is 3.48. The number of rotatable bonds is 1. The Kier molecular flexibility index (Phi) is 2.00. The van der Waals surface area contributed by atoms with Crippen LogP contribution in [0.15, 0.2) is 24.7 Å². The first-order valence-electron chi connectivity index (χ1n) is 4.54. The van der Waals surface area contributed by atoms with Crippen molar-refractivity contribution >= 4 is 5.69 Å². The number of hydrogen-bond acceptors (Lipinski definition) is 2. The first-order valence-corrected chi connectivity index (χ1v) is 4.54. The lowest BCUT2D eigenvalue weighted by molar-refractivity contribution is 1.30. The van der Waals surface area contributed by atoms with Crippen molar-refractivity contribution in [3.05, 3.63) is 35.8 Å². The molecule has 0 unspecified atom stereocenters. The zero-order valence-electron chi connectivity index (χ0n) is 8.33. The Bertz CT molecular complexity index is 444. The van der Waals surface area contributed by atoms with Gasteiger partial charge in [-0.05, 0) is 37.1 Å². The Balaban J connectivity index is 2.64. The number of anilines is 1. The van der Waals surface area contributed by atoms with Gasteiger partial charge in [0.2, 0.25) is 0 Å². The minimum Gasteiger partial charge on any atom is -0.398 e. The Morgan fingerprint density at radius 3 is 2.71 bits per heavy atom. The van der Waals surface area contributed by atoms with Crippen molar-refractivity contribution in [2.24, 2.45) is 0 Å². The molecule has 3 N–H and O–H groups in total. The van der Waals surface area contributed by atoms with Gasteiger partial charge in [0.1, 0.15) is 0 Å². The van der Waals surface area contributed by atoms with E-state index in [1.54, 1.807) is 12.5 Å². The number of benzene rings is 1. The molecule has 0 aliphatic heterocycles. The summed E-state index contributed by atoms with van der Waals surface area (Å²) in [5, 5.41) is 0. The van der Waals surface area contributed by atoms with Gasteiger partial charge in [0.05, 0.1) is 18.2 Å². The first kappa shape index (κ1) is 8.81. The topological polar surface area (TPSA) is 54.7 Å². The number of aryl methyl sites for hydroxylation is 1. The molecule has 3 nitrogen and oxygen atoms in total. The summed E-state index contributed by atoms with van der Waals surface area (Å²) in [4.78, 5) is 7.08. The van der Waals surface area contributed by atoms with Crippen molar-refractivity contribution in [2.75, 3.05) is 5.73 Å². The Hall–Kier alpha value is -1.77. The van der Waals surface area contributed by atoms with E-state index >= 15 is 0 Å². The molecule has 0 radical (unpaired) electrons. The Labute approximate surface area is 83.0 Å². The van der Waals surface area contributed by atoms with Gasteiger partial charge in [-0.3, -0.25) is 0 Å². The predicted octanol–water partition coefficient (Wildman–Crippen LogP) is 2.28. The van der Waals surface area contributed by atoms with Gasteiger partial charge in [-0.2, -0.15) is 0 Å². The van der Waals surface area contributed by atoms with Gasteiger partial charge in [-0.25, -0.2) is 4.98 Å². The Morgan fingerprint density at radius 2 is 2.07 bits per heavy atom. The quantitative estimate of drug-likeness (QED) is 0.673. The van der Waals surface area contributed by atoms with Crippen LogP contribution in [0.3, 0.4) is 0 Å². The number of aromatic amines is 1. The van der Waals surface area contributed by atoms with E-state index in [1.807, 2.05) is 19.9 Å². The summed E-state index contributed by atoms with van der Waals surface area (Å²) in [5.41, 5.74) is 11.1. The third-order valence-electron chi connectivity index (χ3n) is 2.38. The predicted molar refractivity (Wildman–Crippen MR) is 57.9 cm³/mol. The SMILES string of the molecule is Cc1cc(N)c(C)c(-c2cnc[nH]2)c1. The molecule has 0 saturated carbocycles. The van der Waals surface area contributed by atoms with Gasteiger partial charge in [0.25, 0.3) is 0 Å². The molecular weight excluding hydrogens is 174 g/mol. The number of imidazole rings is 1. The van der Waals surface area contributed by atoms with Crippen molar-refractivity contribution < 1.29 is 0 Å². The third kappa shape index (κ3) is 1.37. The zero-order chi connectivity index (χ0) is 10.1. The average molecular weight is 187 g/mol. The number of H-pyrrole nitrogens is 1. The molecule has 2 rings (SSSR count). The molecule has 0 bridgehead atoms. The molecule has 2 aromatic rings. The van der Waals surface area contributed by atoms with Gasteiger partial charge < -0.3 is 10.7 Å². The van der Waals surface area contributed by atoms with Crippen LogP contribution < -0.4 is 5.73 Å². The maximum Gasteiger partial charge on any atom is 0.0924 e. The fraction of sp³-hybridized carbons (Fsp3) is 0.182. The fourth-order valence-electron chi connectivity index (χ4n) is 1.57. The minimum absolute atomic E-state index is 0.828. The highest BCUT2D eigenvalue weighted by Crippen LogP contribution is 2.26. The third-order valence-corrected chi connectivity index (χ3v) is 2.38. The lowest BCUT2D eigenvalue weighted by atomic mass is 10.0. The van der Waals surface area contributed by atoms with Gasteiger partial charge in [0, 0.05) is 11.3 Å². The van der Waals surface area contributed by atoms with Gasteiger partial charge in [-0.1, -0.05) is 0 Å². The number of nitrogens with one attached hydrogen (secondary N) is 1. The van der Waals surface area contributed by atoms with E-state index < -0.39 is 0 Å². The van der Waals surface area contributed by atoms with Crippen LogP contribution in [0.4, 0.5) is 5.69 Å². The van der Waals surface area contributed by atoms with Crippen LogP contribution in [0.25, 0.3) is 11.3 Å². The molecule has 0 saturated heterocycles. The monoisotopic (exact) mass is 187 g/mol. The number of nitrogen functional groups attached to an aromatic ring is 1.